The Bertz CT molecular complexity index is 844. The normalized spacial score (nSPS) is 13.6. The van der Waals surface area contributed by atoms with Gasteiger partial charge in [-0.25, -0.2) is 0 Å². The van der Waals surface area contributed by atoms with Gasteiger partial charge in [0.2, 0.25) is 5.91 Å². The predicted octanol–water partition coefficient (Wildman–Crippen LogP) is 15.3. The molecule has 0 aromatic rings. The van der Waals surface area contributed by atoms with Gasteiger partial charge in [0.1, 0.15) is 0 Å². The van der Waals surface area contributed by atoms with Crippen LogP contribution in [-0.2, 0) is 4.79 Å². The number of allylic oxidation sites excluding steroid dienone is 3. The highest BCUT2D eigenvalue weighted by atomic mass is 16.3. The fourth-order valence-electron chi connectivity index (χ4n) is 8.06. The summed E-state index contributed by atoms with van der Waals surface area (Å²) in [4.78, 5) is 12.5. The van der Waals surface area contributed by atoms with Crippen LogP contribution in [0.2, 0.25) is 0 Å². The lowest BCUT2D eigenvalue weighted by atomic mass is 10.0. The Labute approximate surface area is 356 Å². The van der Waals surface area contributed by atoms with E-state index in [1.165, 1.54) is 218 Å². The van der Waals surface area contributed by atoms with Gasteiger partial charge in [-0.2, -0.15) is 0 Å². The number of aliphatic hydroxyl groups excluding tert-OH is 3. The van der Waals surface area contributed by atoms with E-state index in [9.17, 15) is 20.1 Å². The summed E-state index contributed by atoms with van der Waals surface area (Å²) in [5.41, 5.74) is 0. The van der Waals surface area contributed by atoms with E-state index in [0.717, 1.165) is 32.1 Å². The molecule has 5 nitrogen and oxygen atoms in total. The number of rotatable bonds is 47. The molecule has 0 spiro atoms. The zero-order valence-electron chi connectivity index (χ0n) is 38.5. The minimum absolute atomic E-state index is 0.0102. The molecule has 0 rings (SSSR count). The first-order valence-electron chi connectivity index (χ1n) is 25.6. The van der Waals surface area contributed by atoms with Crippen molar-refractivity contribution in [1.82, 2.24) is 5.32 Å². The number of unbranched alkanes of at least 4 members (excludes halogenated alkanes) is 36. The van der Waals surface area contributed by atoms with Crippen LogP contribution in [0, 0.1) is 0 Å². The Kier molecular flexibility index (Phi) is 46.5. The maximum atomic E-state index is 12.5. The lowest BCUT2D eigenvalue weighted by molar-refractivity contribution is -0.124. The summed E-state index contributed by atoms with van der Waals surface area (Å²) < 4.78 is 0. The molecule has 0 saturated heterocycles. The van der Waals surface area contributed by atoms with Crippen molar-refractivity contribution in [3.8, 4) is 0 Å². The van der Waals surface area contributed by atoms with Crippen molar-refractivity contribution in [3.63, 3.8) is 0 Å². The number of nitrogens with one attached hydrogen (secondary N) is 1. The molecule has 0 saturated carbocycles. The summed E-state index contributed by atoms with van der Waals surface area (Å²) in [5, 5.41) is 33.3. The molecule has 0 radical (unpaired) electrons. The third kappa shape index (κ3) is 44.2. The Balaban J connectivity index is 3.58. The van der Waals surface area contributed by atoms with Crippen molar-refractivity contribution in [2.45, 2.75) is 295 Å². The fraction of sp³-hybridized carbons (Fsp3) is 0.904. The molecule has 0 aliphatic heterocycles. The van der Waals surface area contributed by atoms with Gasteiger partial charge in [-0.1, -0.05) is 263 Å². The monoisotopic (exact) mass is 804 g/mol. The lowest BCUT2D eigenvalue weighted by Crippen LogP contribution is -2.45. The fourth-order valence-corrected chi connectivity index (χ4v) is 8.06. The molecule has 0 fully saturated rings. The molecule has 3 atom stereocenters. The minimum Gasteiger partial charge on any atom is -0.394 e. The molecular weight excluding hydrogens is 703 g/mol. The molecule has 4 N–H and O–H groups in total. The maximum Gasteiger partial charge on any atom is 0.222 e. The zero-order chi connectivity index (χ0) is 41.5. The van der Waals surface area contributed by atoms with Crippen LogP contribution in [0.15, 0.2) is 24.3 Å². The van der Waals surface area contributed by atoms with Crippen molar-refractivity contribution in [2.75, 3.05) is 6.61 Å². The number of hydrogen-bond donors (Lipinski definition) is 4. The molecular formula is C52H101NO4. The number of amides is 1. The van der Waals surface area contributed by atoms with Crippen LogP contribution in [0.5, 0.6) is 0 Å². The van der Waals surface area contributed by atoms with E-state index in [1.807, 2.05) is 6.08 Å². The topological polar surface area (TPSA) is 89.8 Å². The average molecular weight is 804 g/mol. The highest BCUT2D eigenvalue weighted by molar-refractivity contribution is 5.76. The van der Waals surface area contributed by atoms with E-state index >= 15 is 0 Å². The lowest BCUT2D eigenvalue weighted by Gasteiger charge is -2.21. The molecule has 0 heterocycles. The van der Waals surface area contributed by atoms with Gasteiger partial charge in [0.15, 0.2) is 0 Å². The van der Waals surface area contributed by atoms with Gasteiger partial charge >= 0.3 is 0 Å². The van der Waals surface area contributed by atoms with E-state index in [4.69, 9.17) is 0 Å². The zero-order valence-corrected chi connectivity index (χ0v) is 38.5. The van der Waals surface area contributed by atoms with Gasteiger partial charge < -0.3 is 20.6 Å². The number of carbonyl (C=O) groups excluding carboxylic acids is 1. The van der Waals surface area contributed by atoms with Gasteiger partial charge in [0.25, 0.3) is 0 Å². The van der Waals surface area contributed by atoms with Crippen LogP contribution in [0.1, 0.15) is 277 Å². The van der Waals surface area contributed by atoms with Gasteiger partial charge in [0.05, 0.1) is 31.3 Å². The number of carbonyl (C=O) groups is 1. The first-order chi connectivity index (χ1) is 28.0. The van der Waals surface area contributed by atoms with E-state index in [2.05, 4.69) is 31.3 Å². The van der Waals surface area contributed by atoms with E-state index < -0.39 is 18.2 Å². The van der Waals surface area contributed by atoms with Crippen molar-refractivity contribution >= 4 is 5.91 Å². The van der Waals surface area contributed by atoms with Crippen molar-refractivity contribution < 1.29 is 20.1 Å². The molecule has 338 valence electrons. The van der Waals surface area contributed by atoms with Crippen LogP contribution in [0.25, 0.3) is 0 Å². The third-order valence-electron chi connectivity index (χ3n) is 12.0. The van der Waals surface area contributed by atoms with Gasteiger partial charge in [-0.15, -0.1) is 0 Å². The summed E-state index contributed by atoms with van der Waals surface area (Å²) in [6, 6.07) is -0.758. The van der Waals surface area contributed by atoms with Crippen LogP contribution in [0.3, 0.4) is 0 Å². The summed E-state index contributed by atoms with van der Waals surface area (Å²) in [6.07, 6.45) is 59.2. The second kappa shape index (κ2) is 47.5. The van der Waals surface area contributed by atoms with E-state index in [-0.39, 0.29) is 18.9 Å². The van der Waals surface area contributed by atoms with E-state index in [0.29, 0.717) is 6.42 Å². The average Bonchev–Trinajstić information content (AvgIpc) is 3.20. The van der Waals surface area contributed by atoms with Gasteiger partial charge in [-0.05, 0) is 32.1 Å². The molecule has 3 unspecified atom stereocenters. The first-order valence-corrected chi connectivity index (χ1v) is 25.6. The van der Waals surface area contributed by atoms with Gasteiger partial charge in [0, 0.05) is 0 Å². The number of hydrogen-bond acceptors (Lipinski definition) is 4. The first kappa shape index (κ1) is 55.8. The van der Waals surface area contributed by atoms with Crippen LogP contribution >= 0.6 is 0 Å². The predicted molar refractivity (Wildman–Crippen MR) is 250 cm³/mol. The highest BCUT2D eigenvalue weighted by Crippen LogP contribution is 2.17. The Morgan fingerprint density at radius 3 is 1.12 bits per heavy atom. The Hall–Kier alpha value is -1.17. The summed E-state index contributed by atoms with van der Waals surface area (Å²) in [7, 11) is 0. The van der Waals surface area contributed by atoms with E-state index in [1.54, 1.807) is 6.08 Å². The summed E-state index contributed by atoms with van der Waals surface area (Å²) >= 11 is 0. The second-order valence-corrected chi connectivity index (χ2v) is 17.8. The molecule has 0 aromatic carbocycles. The third-order valence-corrected chi connectivity index (χ3v) is 12.0. The maximum absolute atomic E-state index is 12.5. The van der Waals surface area contributed by atoms with Crippen molar-refractivity contribution in [1.29, 1.82) is 0 Å². The minimum atomic E-state index is -0.949. The largest absolute Gasteiger partial charge is 0.394 e. The smallest absolute Gasteiger partial charge is 0.222 e. The van der Waals surface area contributed by atoms with Crippen LogP contribution in [-0.4, -0.2) is 46.1 Å². The Morgan fingerprint density at radius 1 is 0.439 bits per heavy atom. The molecule has 1 amide bonds. The Morgan fingerprint density at radius 2 is 0.754 bits per heavy atom. The van der Waals surface area contributed by atoms with Gasteiger partial charge in [-0.3, -0.25) is 4.79 Å². The van der Waals surface area contributed by atoms with Crippen LogP contribution in [0.4, 0.5) is 0 Å². The molecule has 5 heteroatoms. The van der Waals surface area contributed by atoms with Crippen molar-refractivity contribution in [3.05, 3.63) is 24.3 Å². The molecule has 0 aliphatic rings. The summed E-state index contributed by atoms with van der Waals surface area (Å²) in [6.45, 7) is 4.23. The standard InChI is InChI=1S/C52H101NO4/c1-3-5-7-9-11-13-15-17-19-21-22-23-24-25-26-27-28-30-31-33-35-37-39-41-43-45-49(55)47-52(57)53-50(48-54)51(56)46-44-42-40-38-36-34-32-29-20-18-16-14-12-10-8-6-4-2/h36,38,44,46,49-51,54-56H,3-35,37,39-43,45,47-48H2,1-2H3,(H,53,57)/b38-36+,46-44+. The summed E-state index contributed by atoms with van der Waals surface area (Å²) in [5.74, 6) is -0.320. The quantitative estimate of drug-likeness (QED) is 0.0364. The van der Waals surface area contributed by atoms with Crippen LogP contribution < -0.4 is 5.32 Å². The SMILES string of the molecule is CCCCCCCCCCCCC/C=C/CC/C=C/C(O)C(CO)NC(=O)CC(O)CCCCCCCCCCCCCCCCCCCCCCCCCCC. The number of aliphatic hydroxyl groups is 3. The molecule has 0 bridgehead atoms. The molecule has 0 aromatic heterocycles. The molecule has 57 heavy (non-hydrogen) atoms. The second-order valence-electron chi connectivity index (χ2n) is 17.8. The highest BCUT2D eigenvalue weighted by Gasteiger charge is 2.20. The van der Waals surface area contributed by atoms with Crippen molar-refractivity contribution in [2.24, 2.45) is 0 Å². The molecule has 0 aliphatic carbocycles.